The standard InChI is InChI=1S/C29H28Cl2N6O.C22H24N6O.C7H4Cl2O/c1-20(38)33-24-6-3-21(4-7-24)28-12-13-32-29(35-28)34-25-8-10-26(11-9-25)37-16-14-36(15-17-37)19-22-2-5-23(30)18-27(22)31;1-16(29)25-18-4-2-17(3-5-18)21-10-11-24-22(27-21)26-19-6-8-20(9-7-19)28-14-12-23-13-15-28;8-6-2-1-5(4-10)7(9)3-6/h2-13,18H,14-17,19H2,1H3,(H,33,38)(H,32,34,35);2-11,23H,12-15H2,1H3,(H,25,29)(H,24,26,27);1-4H. The Bertz CT molecular complexity index is 3250. The molecule has 2 fully saturated rings. The van der Waals surface area contributed by atoms with Crippen LogP contribution in [0.3, 0.4) is 0 Å². The van der Waals surface area contributed by atoms with Crippen molar-refractivity contribution in [1.29, 1.82) is 0 Å². The molecular formula is C58H56Cl4N12O3. The Balaban J connectivity index is 0.000000177. The number of rotatable bonds is 13. The van der Waals surface area contributed by atoms with Crippen LogP contribution in [0.2, 0.25) is 20.1 Å². The maximum absolute atomic E-state index is 11.2. The van der Waals surface area contributed by atoms with Gasteiger partial charge in [-0.1, -0.05) is 76.7 Å². The second kappa shape index (κ2) is 27.4. The third-order valence-corrected chi connectivity index (χ3v) is 13.4. The fraction of sp³-hybridized carbons (Fsp3) is 0.190. The summed E-state index contributed by atoms with van der Waals surface area (Å²) in [4.78, 5) is 57.8. The van der Waals surface area contributed by atoms with Gasteiger partial charge in [-0.3, -0.25) is 19.3 Å². The van der Waals surface area contributed by atoms with Crippen LogP contribution >= 0.6 is 46.4 Å². The first-order chi connectivity index (χ1) is 37.3. The predicted molar refractivity (Wildman–Crippen MR) is 314 cm³/mol. The normalized spacial score (nSPS) is 13.2. The van der Waals surface area contributed by atoms with Gasteiger partial charge in [-0.2, -0.15) is 0 Å². The Morgan fingerprint density at radius 2 is 0.974 bits per heavy atom. The van der Waals surface area contributed by atoms with E-state index in [1.807, 2.05) is 84.9 Å². The summed E-state index contributed by atoms with van der Waals surface area (Å²) in [6, 6.07) is 46.0. The van der Waals surface area contributed by atoms with Crippen molar-refractivity contribution in [3.8, 4) is 22.5 Å². The van der Waals surface area contributed by atoms with Gasteiger partial charge in [0.05, 0.1) is 16.4 Å². The highest BCUT2D eigenvalue weighted by molar-refractivity contribution is 6.36. The minimum Gasteiger partial charge on any atom is -0.369 e. The van der Waals surface area contributed by atoms with E-state index in [-0.39, 0.29) is 11.8 Å². The van der Waals surface area contributed by atoms with Gasteiger partial charge in [0, 0.05) is 151 Å². The Morgan fingerprint density at radius 3 is 1.42 bits per heavy atom. The molecule has 8 aromatic rings. The number of benzene rings is 6. The average Bonchev–Trinajstić information content (AvgIpc) is 3.43. The van der Waals surface area contributed by atoms with Gasteiger partial charge in [-0.25, -0.2) is 19.9 Å². The van der Waals surface area contributed by atoms with E-state index in [0.29, 0.717) is 38.8 Å². The zero-order valence-electron chi connectivity index (χ0n) is 42.3. The summed E-state index contributed by atoms with van der Waals surface area (Å²) in [6.45, 7) is 11.7. The molecular weight excluding hydrogens is 1050 g/mol. The molecule has 0 unspecified atom stereocenters. The van der Waals surface area contributed by atoms with Crippen LogP contribution in [-0.4, -0.2) is 95.3 Å². The van der Waals surface area contributed by atoms with Crippen molar-refractivity contribution in [2.75, 3.05) is 83.4 Å². The van der Waals surface area contributed by atoms with Crippen molar-refractivity contribution >= 4 is 111 Å². The Morgan fingerprint density at radius 1 is 0.532 bits per heavy atom. The lowest BCUT2D eigenvalue weighted by molar-refractivity contribution is -0.115. The molecule has 2 aliphatic heterocycles. The topological polar surface area (TPSA) is 173 Å². The fourth-order valence-corrected chi connectivity index (χ4v) is 9.28. The first-order valence-electron chi connectivity index (χ1n) is 24.8. The van der Waals surface area contributed by atoms with Gasteiger partial charge >= 0.3 is 0 Å². The third kappa shape index (κ3) is 16.7. The van der Waals surface area contributed by atoms with E-state index in [0.717, 1.165) is 115 Å². The Kier molecular flexibility index (Phi) is 19.8. The number of carbonyl (C=O) groups excluding carboxylic acids is 3. The third-order valence-electron chi connectivity index (χ3n) is 12.3. The zero-order chi connectivity index (χ0) is 54.1. The number of hydrogen-bond donors (Lipinski definition) is 5. The molecule has 2 aromatic heterocycles. The summed E-state index contributed by atoms with van der Waals surface area (Å²) in [6.07, 6.45) is 4.16. The Labute approximate surface area is 468 Å². The van der Waals surface area contributed by atoms with Crippen LogP contribution in [0, 0.1) is 0 Å². The molecule has 0 saturated carbocycles. The maximum Gasteiger partial charge on any atom is 0.227 e. The van der Waals surface area contributed by atoms with E-state index in [4.69, 9.17) is 46.4 Å². The smallest absolute Gasteiger partial charge is 0.227 e. The maximum atomic E-state index is 11.2. The molecule has 5 N–H and O–H groups in total. The van der Waals surface area contributed by atoms with E-state index in [1.165, 1.54) is 31.3 Å². The number of aldehydes is 1. The number of piperazine rings is 2. The molecule has 394 valence electrons. The molecule has 0 bridgehead atoms. The summed E-state index contributed by atoms with van der Waals surface area (Å²) in [5.74, 6) is 0.882. The van der Waals surface area contributed by atoms with Crippen molar-refractivity contribution in [1.82, 2.24) is 30.2 Å². The summed E-state index contributed by atoms with van der Waals surface area (Å²) in [5.41, 5.74) is 10.9. The highest BCUT2D eigenvalue weighted by atomic mass is 35.5. The molecule has 2 aliphatic rings. The van der Waals surface area contributed by atoms with Crippen LogP contribution in [0.4, 0.5) is 46.0 Å². The molecule has 0 atom stereocenters. The molecule has 2 amide bonds. The van der Waals surface area contributed by atoms with Crippen LogP contribution < -0.4 is 36.4 Å². The van der Waals surface area contributed by atoms with Crippen molar-refractivity contribution in [2.24, 2.45) is 0 Å². The van der Waals surface area contributed by atoms with E-state index >= 15 is 0 Å². The SMILES string of the molecule is CC(=O)Nc1ccc(-c2ccnc(Nc3ccc(N4CCN(Cc5ccc(Cl)cc5Cl)CC4)cc3)n2)cc1.CC(=O)Nc1ccc(-c2ccnc(Nc3ccc(N4CCNCC4)cc3)n2)cc1.O=Cc1ccc(Cl)cc1Cl. The number of aromatic nitrogens is 4. The van der Waals surface area contributed by atoms with E-state index < -0.39 is 0 Å². The molecule has 15 nitrogen and oxygen atoms in total. The van der Waals surface area contributed by atoms with Crippen LogP contribution in [0.1, 0.15) is 29.8 Å². The van der Waals surface area contributed by atoms with Gasteiger partial charge in [0.25, 0.3) is 0 Å². The first kappa shape index (κ1) is 55.6. The molecule has 6 aromatic carbocycles. The number of nitrogens with zero attached hydrogens (tertiary/aromatic N) is 7. The molecule has 0 radical (unpaired) electrons. The summed E-state index contributed by atoms with van der Waals surface area (Å²) >= 11 is 23.6. The van der Waals surface area contributed by atoms with Crippen molar-refractivity contribution < 1.29 is 14.4 Å². The van der Waals surface area contributed by atoms with E-state index in [1.54, 1.807) is 30.6 Å². The quantitative estimate of drug-likeness (QED) is 0.0691. The molecule has 10 rings (SSSR count). The summed E-state index contributed by atoms with van der Waals surface area (Å²) < 4.78 is 0. The van der Waals surface area contributed by atoms with Gasteiger partial charge in [-0.05, 0) is 121 Å². The van der Waals surface area contributed by atoms with Crippen LogP contribution in [0.5, 0.6) is 0 Å². The lowest BCUT2D eigenvalue weighted by atomic mass is 10.1. The second-order valence-corrected chi connectivity index (χ2v) is 19.6. The van der Waals surface area contributed by atoms with Crippen LogP contribution in [0.25, 0.3) is 22.5 Å². The van der Waals surface area contributed by atoms with Crippen LogP contribution in [0.15, 0.2) is 158 Å². The van der Waals surface area contributed by atoms with Crippen molar-refractivity contribution in [3.05, 3.63) is 189 Å². The highest BCUT2D eigenvalue weighted by Crippen LogP contribution is 2.28. The van der Waals surface area contributed by atoms with E-state index in [9.17, 15) is 14.4 Å². The first-order valence-corrected chi connectivity index (χ1v) is 26.3. The number of amides is 2. The van der Waals surface area contributed by atoms with Gasteiger partial charge in [0.1, 0.15) is 0 Å². The minimum atomic E-state index is -0.0981. The molecule has 2 saturated heterocycles. The second-order valence-electron chi connectivity index (χ2n) is 17.9. The lowest BCUT2D eigenvalue weighted by Gasteiger charge is -2.36. The van der Waals surface area contributed by atoms with Gasteiger partial charge in [0.2, 0.25) is 23.7 Å². The van der Waals surface area contributed by atoms with Gasteiger partial charge in [0.15, 0.2) is 6.29 Å². The average molecular weight is 1110 g/mol. The van der Waals surface area contributed by atoms with Crippen molar-refractivity contribution in [2.45, 2.75) is 20.4 Å². The minimum absolute atomic E-state index is 0.0887. The lowest BCUT2D eigenvalue weighted by Crippen LogP contribution is -2.46. The number of anilines is 8. The Hall–Kier alpha value is -7.63. The fourth-order valence-electron chi connectivity index (χ4n) is 8.36. The van der Waals surface area contributed by atoms with E-state index in [2.05, 4.69) is 97.6 Å². The van der Waals surface area contributed by atoms with Crippen molar-refractivity contribution in [3.63, 3.8) is 0 Å². The number of halogens is 4. The molecule has 4 heterocycles. The molecule has 0 spiro atoms. The van der Waals surface area contributed by atoms with Crippen LogP contribution in [-0.2, 0) is 16.1 Å². The number of carbonyl (C=O) groups is 3. The molecule has 77 heavy (non-hydrogen) atoms. The van der Waals surface area contributed by atoms with Gasteiger partial charge < -0.3 is 36.4 Å². The number of nitrogens with one attached hydrogen (secondary N) is 5. The molecule has 19 heteroatoms. The molecule has 0 aliphatic carbocycles. The predicted octanol–water partition coefficient (Wildman–Crippen LogP) is 12.5. The van der Waals surface area contributed by atoms with Gasteiger partial charge in [-0.15, -0.1) is 0 Å². The number of hydrogen-bond acceptors (Lipinski definition) is 13. The summed E-state index contributed by atoms with van der Waals surface area (Å²) in [7, 11) is 0. The highest BCUT2D eigenvalue weighted by Gasteiger charge is 2.19. The summed E-state index contributed by atoms with van der Waals surface area (Å²) in [5, 5.41) is 17.8. The zero-order valence-corrected chi connectivity index (χ0v) is 45.3. The largest absolute Gasteiger partial charge is 0.369 e. The monoisotopic (exact) mass is 1110 g/mol.